The fourth-order valence-corrected chi connectivity index (χ4v) is 4.31. The van der Waals surface area contributed by atoms with Gasteiger partial charge in [-0.05, 0) is 55.0 Å². The fraction of sp³-hybridized carbons (Fsp3) is 0.368. The highest BCUT2D eigenvalue weighted by Crippen LogP contribution is 2.24. The topological polar surface area (TPSA) is 87.6 Å². The van der Waals surface area contributed by atoms with Gasteiger partial charge in [0, 0.05) is 24.8 Å². The predicted molar refractivity (Wildman–Crippen MR) is 99.5 cm³/mol. The lowest BCUT2D eigenvalue weighted by Crippen LogP contribution is -2.39. The molecule has 0 unspecified atom stereocenters. The number of carboxylic acids is 1. The highest BCUT2D eigenvalue weighted by atomic mass is 32.2. The quantitative estimate of drug-likeness (QED) is 0.869. The summed E-state index contributed by atoms with van der Waals surface area (Å²) < 4.78 is 25.1. The molecule has 2 aromatic rings. The van der Waals surface area contributed by atoms with Gasteiger partial charge in [-0.3, -0.25) is 4.98 Å². The van der Waals surface area contributed by atoms with E-state index in [0.717, 1.165) is 36.1 Å². The Morgan fingerprint density at radius 2 is 2.00 bits per heavy atom. The van der Waals surface area contributed by atoms with Crippen molar-refractivity contribution in [2.75, 3.05) is 19.3 Å². The highest BCUT2D eigenvalue weighted by molar-refractivity contribution is 7.88. The average molecular weight is 374 g/mol. The molecule has 0 radical (unpaired) electrons. The van der Waals surface area contributed by atoms with Crippen LogP contribution in [-0.2, 0) is 16.4 Å². The maximum atomic E-state index is 11.8. The molecular formula is C19H22N2O4S. The first-order valence-corrected chi connectivity index (χ1v) is 10.4. The van der Waals surface area contributed by atoms with Gasteiger partial charge in [0.15, 0.2) is 0 Å². The number of nitrogens with zero attached hydrogens (tertiary/aromatic N) is 2. The number of aromatic carboxylic acids is 1. The summed E-state index contributed by atoms with van der Waals surface area (Å²) in [6.07, 6.45) is 5.70. The third kappa shape index (κ3) is 4.47. The van der Waals surface area contributed by atoms with Gasteiger partial charge < -0.3 is 5.11 Å². The Labute approximate surface area is 153 Å². The average Bonchev–Trinajstić information content (AvgIpc) is 2.61. The molecule has 26 heavy (non-hydrogen) atoms. The van der Waals surface area contributed by atoms with Crippen LogP contribution >= 0.6 is 0 Å². The van der Waals surface area contributed by atoms with Gasteiger partial charge in [0.1, 0.15) is 0 Å². The zero-order valence-corrected chi connectivity index (χ0v) is 15.4. The molecule has 1 aromatic heterocycles. The second kappa shape index (κ2) is 7.55. The number of sulfonamides is 1. The molecule has 0 aliphatic carbocycles. The summed E-state index contributed by atoms with van der Waals surface area (Å²) in [7, 11) is -3.14. The molecule has 1 fully saturated rings. The summed E-state index contributed by atoms with van der Waals surface area (Å²) in [4.78, 5) is 15.3. The lowest BCUT2D eigenvalue weighted by Gasteiger charge is -2.31. The maximum Gasteiger partial charge on any atom is 0.335 e. The van der Waals surface area contributed by atoms with E-state index >= 15 is 0 Å². The summed E-state index contributed by atoms with van der Waals surface area (Å²) >= 11 is 0. The number of aromatic nitrogens is 1. The normalized spacial score (nSPS) is 18.6. The van der Waals surface area contributed by atoms with Crippen molar-refractivity contribution in [1.29, 1.82) is 0 Å². The highest BCUT2D eigenvalue weighted by Gasteiger charge is 2.25. The number of hydrogen-bond donors (Lipinski definition) is 1. The molecule has 6 nitrogen and oxygen atoms in total. The van der Waals surface area contributed by atoms with Crippen molar-refractivity contribution in [1.82, 2.24) is 9.29 Å². The molecule has 3 rings (SSSR count). The van der Waals surface area contributed by atoms with E-state index in [4.69, 9.17) is 5.11 Å². The van der Waals surface area contributed by atoms with Crippen LogP contribution in [0, 0.1) is 5.92 Å². The van der Waals surface area contributed by atoms with Gasteiger partial charge in [-0.25, -0.2) is 17.5 Å². The number of carboxylic acid groups (broad SMARTS) is 1. The Morgan fingerprint density at radius 3 is 2.65 bits per heavy atom. The van der Waals surface area contributed by atoms with Crippen molar-refractivity contribution in [2.45, 2.75) is 19.3 Å². The van der Waals surface area contributed by atoms with Crippen LogP contribution in [0.3, 0.4) is 0 Å². The molecule has 1 aliphatic heterocycles. The molecule has 0 saturated carbocycles. The van der Waals surface area contributed by atoms with Crippen molar-refractivity contribution >= 4 is 16.0 Å². The number of rotatable bonds is 5. The molecule has 0 bridgehead atoms. The van der Waals surface area contributed by atoms with E-state index in [1.807, 2.05) is 12.1 Å². The molecular weight excluding hydrogens is 352 g/mol. The van der Waals surface area contributed by atoms with Crippen LogP contribution in [0.5, 0.6) is 0 Å². The summed E-state index contributed by atoms with van der Waals surface area (Å²) in [6.45, 7) is 1.16. The summed E-state index contributed by atoms with van der Waals surface area (Å²) in [5, 5.41) is 8.99. The minimum absolute atomic E-state index is 0.243. The molecule has 7 heteroatoms. The van der Waals surface area contributed by atoms with E-state index in [0.29, 0.717) is 19.0 Å². The molecule has 138 valence electrons. The van der Waals surface area contributed by atoms with Crippen molar-refractivity contribution < 1.29 is 18.3 Å². The Morgan fingerprint density at radius 1 is 1.27 bits per heavy atom. The van der Waals surface area contributed by atoms with Crippen molar-refractivity contribution in [2.24, 2.45) is 5.92 Å². The van der Waals surface area contributed by atoms with Gasteiger partial charge >= 0.3 is 5.97 Å². The Kier molecular flexibility index (Phi) is 5.38. The van der Waals surface area contributed by atoms with Crippen LogP contribution in [-0.4, -0.2) is 48.1 Å². The first kappa shape index (κ1) is 18.5. The molecule has 0 spiro atoms. The van der Waals surface area contributed by atoms with Crippen molar-refractivity contribution in [3.63, 3.8) is 0 Å². The third-order valence-corrected chi connectivity index (χ3v) is 6.00. The number of carbonyl (C=O) groups is 1. The minimum Gasteiger partial charge on any atom is -0.478 e. The molecule has 1 aromatic carbocycles. The van der Waals surface area contributed by atoms with E-state index in [-0.39, 0.29) is 5.56 Å². The second-order valence-corrected chi connectivity index (χ2v) is 8.75. The van der Waals surface area contributed by atoms with Crippen molar-refractivity contribution in [3.8, 4) is 11.3 Å². The Hall–Kier alpha value is -2.25. The molecule has 2 heterocycles. The van der Waals surface area contributed by atoms with Gasteiger partial charge in [-0.15, -0.1) is 0 Å². The maximum absolute atomic E-state index is 11.8. The largest absolute Gasteiger partial charge is 0.478 e. The van der Waals surface area contributed by atoms with E-state index in [1.165, 1.54) is 6.26 Å². The molecule has 1 saturated heterocycles. The van der Waals surface area contributed by atoms with E-state index in [9.17, 15) is 13.2 Å². The van der Waals surface area contributed by atoms with Crippen LogP contribution in [0.15, 0.2) is 42.6 Å². The summed E-state index contributed by atoms with van der Waals surface area (Å²) in [5.74, 6) is -0.658. The SMILES string of the molecule is CS(=O)(=O)N1CCC[C@H](Cc2ccnc(-c3ccc(C(=O)O)cc3)c2)C1. The first-order valence-electron chi connectivity index (χ1n) is 8.57. The van der Waals surface area contributed by atoms with Crippen LogP contribution in [0.2, 0.25) is 0 Å². The van der Waals surface area contributed by atoms with Gasteiger partial charge in [-0.1, -0.05) is 12.1 Å². The standard InChI is InChI=1S/C19H22N2O4S/c1-26(24,25)21-10-2-3-15(13-21)11-14-8-9-20-18(12-14)16-4-6-17(7-5-16)19(22)23/h4-9,12,15H,2-3,10-11,13H2,1H3,(H,22,23)/t15-/m1/s1. The second-order valence-electron chi connectivity index (χ2n) is 6.77. The van der Waals surface area contributed by atoms with E-state index < -0.39 is 16.0 Å². The lowest BCUT2D eigenvalue weighted by atomic mass is 9.92. The zero-order chi connectivity index (χ0) is 18.7. The predicted octanol–water partition coefficient (Wildman–Crippen LogP) is 2.66. The fourth-order valence-electron chi connectivity index (χ4n) is 3.37. The zero-order valence-electron chi connectivity index (χ0n) is 14.6. The van der Waals surface area contributed by atoms with Gasteiger partial charge in [-0.2, -0.15) is 0 Å². The first-order chi connectivity index (χ1) is 12.3. The third-order valence-electron chi connectivity index (χ3n) is 4.73. The van der Waals surface area contributed by atoms with Crippen LogP contribution < -0.4 is 0 Å². The van der Waals surface area contributed by atoms with E-state index in [2.05, 4.69) is 4.98 Å². The smallest absolute Gasteiger partial charge is 0.335 e. The van der Waals surface area contributed by atoms with E-state index in [1.54, 1.807) is 34.8 Å². The Bertz CT molecular complexity index is 894. The number of hydrogen-bond acceptors (Lipinski definition) is 4. The van der Waals surface area contributed by atoms with Crippen molar-refractivity contribution in [3.05, 3.63) is 53.7 Å². The van der Waals surface area contributed by atoms with Crippen LogP contribution in [0.4, 0.5) is 0 Å². The Balaban J connectivity index is 1.74. The van der Waals surface area contributed by atoms with Gasteiger partial charge in [0.2, 0.25) is 10.0 Å². The number of pyridine rings is 1. The summed E-state index contributed by atoms with van der Waals surface area (Å²) in [5.41, 5.74) is 3.00. The van der Waals surface area contributed by atoms with Crippen LogP contribution in [0.25, 0.3) is 11.3 Å². The van der Waals surface area contributed by atoms with Gasteiger partial charge in [0.25, 0.3) is 0 Å². The number of benzene rings is 1. The monoisotopic (exact) mass is 374 g/mol. The molecule has 1 N–H and O–H groups in total. The molecule has 0 amide bonds. The van der Waals surface area contributed by atoms with Crippen LogP contribution in [0.1, 0.15) is 28.8 Å². The van der Waals surface area contributed by atoms with Gasteiger partial charge in [0.05, 0.1) is 17.5 Å². The molecule has 1 aliphatic rings. The minimum atomic E-state index is -3.14. The lowest BCUT2D eigenvalue weighted by molar-refractivity contribution is 0.0697. The summed E-state index contributed by atoms with van der Waals surface area (Å²) in [6, 6.07) is 10.6. The molecule has 1 atom stereocenters. The number of piperidine rings is 1.